The van der Waals surface area contributed by atoms with Gasteiger partial charge in [0.2, 0.25) is 12.2 Å². The molecule has 344 valence electrons. The standard InChI is InChI=1S/C65H48N6O/c1-65(2,3)47-37-38-66-61(39-47)71-58-36-18-15-31-55(58)62-59(70-56-34-16-13-29-53(56)54-30-14-17-35-57(54)70)41-50(42-60(62)71)72-49-28-19-27-48(40-49)69-43-68(64(67-69)46-25-11-6-12-26-46)63-51(44-21-7-4-8-22-44)32-20-33-52(63)45-23-9-5-10-24-45/h4-42H,1-3H3/i4D,5D,7D,8D,9D,10D,21D,22D,23D,24D. The number of benzene rings is 9. The summed E-state index contributed by atoms with van der Waals surface area (Å²) in [6.45, 7) is 6.56. The summed E-state index contributed by atoms with van der Waals surface area (Å²) in [6.07, 6.45) is 5.23. The number of hydrogen-bond donors (Lipinski definition) is 0. The molecule has 4 aromatic heterocycles. The van der Waals surface area contributed by atoms with Gasteiger partial charge in [0.25, 0.3) is 0 Å². The molecule has 0 unspecified atom stereocenters. The van der Waals surface area contributed by atoms with Crippen molar-refractivity contribution in [1.82, 2.24) is 23.9 Å². The molecule has 7 heteroatoms. The van der Waals surface area contributed by atoms with Gasteiger partial charge < -0.3 is 13.9 Å². The first-order valence-electron chi connectivity index (χ1n) is 28.6. The average molecular weight is 939 g/mol. The van der Waals surface area contributed by atoms with Crippen LogP contribution in [0.5, 0.6) is 11.5 Å². The lowest BCUT2D eigenvalue weighted by atomic mass is 9.88. The molecule has 0 aliphatic rings. The second kappa shape index (κ2) is 17.3. The van der Waals surface area contributed by atoms with Gasteiger partial charge in [0.05, 0.1) is 47.1 Å². The molecule has 9 aromatic carbocycles. The molecule has 0 atom stereocenters. The minimum absolute atomic E-state index is 0.0980. The Bertz CT molecular complexity index is 4590. The predicted octanol–water partition coefficient (Wildman–Crippen LogP) is 15.6. The summed E-state index contributed by atoms with van der Waals surface area (Å²) in [5, 5.41) is 9.38. The number of para-hydroxylation sites is 4. The fourth-order valence-corrected chi connectivity index (χ4v) is 9.84. The molecule has 0 aliphatic carbocycles. The van der Waals surface area contributed by atoms with Gasteiger partial charge in [0.15, 0.2) is 0 Å². The van der Waals surface area contributed by atoms with Gasteiger partial charge >= 0.3 is 0 Å². The lowest BCUT2D eigenvalue weighted by Crippen LogP contribution is -2.33. The third kappa shape index (κ3) is 7.33. The number of fused-ring (bicyclic) bond motifs is 6. The Hall–Kier alpha value is -9.33. The van der Waals surface area contributed by atoms with Crippen LogP contribution in [-0.2, 0) is 5.41 Å². The molecule has 0 radical (unpaired) electrons. The third-order valence-electron chi connectivity index (χ3n) is 13.1. The Morgan fingerprint density at radius 2 is 1.12 bits per heavy atom. The number of nitrogens with zero attached hydrogens (tertiary/aromatic N) is 6. The van der Waals surface area contributed by atoms with Crippen molar-refractivity contribution >= 4 is 43.6 Å². The molecule has 13 aromatic rings. The Labute approximate surface area is 431 Å². The summed E-state index contributed by atoms with van der Waals surface area (Å²) in [5.41, 5.74) is 6.76. The number of hydrogen-bond acceptors (Lipinski definition) is 3. The minimum atomic E-state index is -0.589. The fraction of sp³-hybridized carbons (Fsp3) is 0.0615. The van der Waals surface area contributed by atoms with E-state index in [1.54, 1.807) is 22.8 Å². The van der Waals surface area contributed by atoms with E-state index in [1.165, 1.54) is 4.68 Å². The van der Waals surface area contributed by atoms with Crippen molar-refractivity contribution in [3.05, 3.63) is 248 Å². The molecular weight excluding hydrogens is 881 g/mol. The molecule has 0 amide bonds. The highest BCUT2D eigenvalue weighted by Crippen LogP contribution is 2.43. The van der Waals surface area contributed by atoms with E-state index in [0.29, 0.717) is 22.7 Å². The summed E-state index contributed by atoms with van der Waals surface area (Å²) in [5.74, 6) is 1.98. The van der Waals surface area contributed by atoms with Crippen molar-refractivity contribution in [3.63, 3.8) is 0 Å². The van der Waals surface area contributed by atoms with Gasteiger partial charge in [-0.25, -0.2) is 4.98 Å². The van der Waals surface area contributed by atoms with Crippen LogP contribution in [-0.4, -0.2) is 23.9 Å². The van der Waals surface area contributed by atoms with Crippen LogP contribution in [0.3, 0.4) is 0 Å². The maximum Gasteiger partial charge on any atom is 0.231 e. The highest BCUT2D eigenvalue weighted by atomic mass is 16.5. The lowest BCUT2D eigenvalue weighted by Gasteiger charge is -2.20. The van der Waals surface area contributed by atoms with Gasteiger partial charge in [-0.3, -0.25) is 4.57 Å². The molecule has 0 spiro atoms. The summed E-state index contributed by atoms with van der Waals surface area (Å²) < 4.78 is 103. The van der Waals surface area contributed by atoms with Crippen LogP contribution in [0.15, 0.2) is 236 Å². The van der Waals surface area contributed by atoms with Crippen LogP contribution < -0.4 is 9.30 Å². The Morgan fingerprint density at radius 1 is 0.528 bits per heavy atom. The first-order chi connectivity index (χ1) is 39.5. The normalized spacial score (nSPS) is 13.8. The predicted molar refractivity (Wildman–Crippen MR) is 292 cm³/mol. The zero-order chi connectivity index (χ0) is 57.0. The van der Waals surface area contributed by atoms with E-state index in [0.717, 1.165) is 60.7 Å². The first-order valence-corrected chi connectivity index (χ1v) is 23.6. The van der Waals surface area contributed by atoms with Crippen LogP contribution >= 0.6 is 0 Å². The third-order valence-corrected chi connectivity index (χ3v) is 13.1. The van der Waals surface area contributed by atoms with Gasteiger partial charge in [-0.1, -0.05) is 196 Å². The van der Waals surface area contributed by atoms with Crippen LogP contribution in [0, 0.1) is 6.33 Å². The summed E-state index contributed by atoms with van der Waals surface area (Å²) in [7, 11) is 0. The monoisotopic (exact) mass is 938 g/mol. The van der Waals surface area contributed by atoms with Crippen molar-refractivity contribution in [2.24, 2.45) is 0 Å². The topological polar surface area (TPSA) is 53.7 Å². The highest BCUT2D eigenvalue weighted by Gasteiger charge is 2.25. The van der Waals surface area contributed by atoms with Crippen molar-refractivity contribution < 1.29 is 23.0 Å². The second-order valence-electron chi connectivity index (χ2n) is 18.5. The van der Waals surface area contributed by atoms with Gasteiger partial charge in [-0.05, 0) is 80.8 Å². The van der Waals surface area contributed by atoms with Crippen LogP contribution in [0.4, 0.5) is 0 Å². The molecule has 0 bridgehead atoms. The molecule has 0 fully saturated rings. The van der Waals surface area contributed by atoms with Crippen molar-refractivity contribution in [2.75, 3.05) is 0 Å². The lowest BCUT2D eigenvalue weighted by molar-refractivity contribution is -0.587. The SMILES string of the molecule is [2H]c1c([2H])c([2H])c(-c2cccc(-c3c([2H])c([2H])c([2H])c([2H])c3[2H])c2-[n+]2[c-]n(-c3cccc(Oc4cc(-n5c6ccccc6c6ccccc65)c5c6ccccc6n(-c6cc(C(C)(C)C)ccn6)c5c4)c3)nc2-c2ccccc2)c([2H])c1[2H]. The maximum absolute atomic E-state index is 9.15. The van der Waals surface area contributed by atoms with Crippen molar-refractivity contribution in [1.29, 1.82) is 0 Å². The minimum Gasteiger partial charge on any atom is -0.458 e. The Balaban J connectivity index is 1.04. The molecule has 7 nitrogen and oxygen atoms in total. The van der Waals surface area contributed by atoms with E-state index in [1.807, 2.05) is 72.9 Å². The summed E-state index contributed by atoms with van der Waals surface area (Å²) in [4.78, 5) is 5.00. The van der Waals surface area contributed by atoms with Crippen LogP contribution in [0.25, 0.3) is 100 Å². The highest BCUT2D eigenvalue weighted by molar-refractivity contribution is 6.16. The maximum atomic E-state index is 9.15. The van der Waals surface area contributed by atoms with E-state index in [-0.39, 0.29) is 39.2 Å². The second-order valence-corrected chi connectivity index (χ2v) is 18.5. The molecule has 0 aliphatic heterocycles. The van der Waals surface area contributed by atoms with Crippen LogP contribution in [0.1, 0.15) is 40.0 Å². The number of ether oxygens (including phenoxy) is 1. The van der Waals surface area contributed by atoms with Crippen LogP contribution in [0.2, 0.25) is 0 Å². The Kier molecular flexibility index (Phi) is 7.97. The van der Waals surface area contributed by atoms with Gasteiger partial charge in [-0.15, -0.1) is 0 Å². The van der Waals surface area contributed by atoms with E-state index in [4.69, 9.17) is 28.5 Å². The van der Waals surface area contributed by atoms with Gasteiger partial charge in [0.1, 0.15) is 17.3 Å². The smallest absolute Gasteiger partial charge is 0.231 e. The number of rotatable bonds is 9. The van der Waals surface area contributed by atoms with E-state index in [9.17, 15) is 0 Å². The number of pyridine rings is 1. The fourth-order valence-electron chi connectivity index (χ4n) is 9.84. The molecule has 0 N–H and O–H groups in total. The van der Waals surface area contributed by atoms with Gasteiger partial charge in [-0.2, -0.15) is 4.68 Å². The molecular formula is C65H48N6O. The van der Waals surface area contributed by atoms with E-state index >= 15 is 0 Å². The van der Waals surface area contributed by atoms with E-state index < -0.39 is 60.4 Å². The number of aromatic nitrogens is 6. The largest absolute Gasteiger partial charge is 0.458 e. The Morgan fingerprint density at radius 3 is 1.78 bits per heavy atom. The molecule has 0 saturated heterocycles. The summed E-state index contributed by atoms with van der Waals surface area (Å²) >= 11 is 0. The molecule has 0 saturated carbocycles. The first kappa shape index (κ1) is 33.2. The van der Waals surface area contributed by atoms with Crippen molar-refractivity contribution in [2.45, 2.75) is 26.2 Å². The molecule has 13 rings (SSSR count). The zero-order valence-electron chi connectivity index (χ0n) is 49.3. The van der Waals surface area contributed by atoms with E-state index in [2.05, 4.69) is 121 Å². The molecule has 4 heterocycles. The zero-order valence-corrected chi connectivity index (χ0v) is 39.3. The van der Waals surface area contributed by atoms with Gasteiger partial charge in [0, 0.05) is 51.1 Å². The molecule has 72 heavy (non-hydrogen) atoms. The van der Waals surface area contributed by atoms with Crippen molar-refractivity contribution in [3.8, 4) is 68.0 Å². The average Bonchev–Trinajstić information content (AvgIpc) is 4.32. The summed E-state index contributed by atoms with van der Waals surface area (Å²) in [6, 6.07) is 49.2. The quantitative estimate of drug-likeness (QED) is 0.107.